The minimum Gasteiger partial charge on any atom is -0.228 e. The van der Waals surface area contributed by atoms with Crippen LogP contribution in [0.15, 0.2) is 22.4 Å². The van der Waals surface area contributed by atoms with Crippen molar-refractivity contribution in [3.63, 3.8) is 0 Å². The molecule has 0 unspecified atom stereocenters. The second-order valence-corrected chi connectivity index (χ2v) is 7.75. The highest BCUT2D eigenvalue weighted by Gasteiger charge is 2.02. The van der Waals surface area contributed by atoms with Crippen LogP contribution in [0, 0.1) is 27.7 Å². The molecule has 0 aromatic carbocycles. The fraction of sp³-hybridized carbons (Fsp3) is 0.529. The summed E-state index contributed by atoms with van der Waals surface area (Å²) in [5.74, 6) is 2.15. The average molecular weight is 349 g/mol. The van der Waals surface area contributed by atoms with Gasteiger partial charge in [0.15, 0.2) is 10.3 Å². The molecule has 2 aromatic heterocycles. The number of hydrogen-bond acceptors (Lipinski definition) is 6. The van der Waals surface area contributed by atoms with Crippen molar-refractivity contribution in [2.45, 2.75) is 57.3 Å². The zero-order valence-corrected chi connectivity index (χ0v) is 15.9. The first-order valence-electron chi connectivity index (χ1n) is 7.93. The van der Waals surface area contributed by atoms with Crippen molar-refractivity contribution in [3.8, 4) is 0 Å². The van der Waals surface area contributed by atoms with Crippen molar-refractivity contribution in [3.05, 3.63) is 34.9 Å². The van der Waals surface area contributed by atoms with E-state index >= 15 is 0 Å². The molecule has 0 fully saturated rings. The average Bonchev–Trinajstić information content (AvgIpc) is 2.44. The Labute approximate surface area is 147 Å². The molecule has 124 valence electrons. The molecule has 23 heavy (non-hydrogen) atoms. The van der Waals surface area contributed by atoms with Gasteiger partial charge in [-0.1, -0.05) is 29.9 Å². The molecule has 0 saturated heterocycles. The molecule has 4 nitrogen and oxygen atoms in total. The molecule has 6 heteroatoms. The Bertz CT molecular complexity index is 550. The van der Waals surface area contributed by atoms with Crippen molar-refractivity contribution in [2.24, 2.45) is 0 Å². The largest absolute Gasteiger partial charge is 0.228 e. The summed E-state index contributed by atoms with van der Waals surface area (Å²) in [6.45, 7) is 8.08. The topological polar surface area (TPSA) is 51.6 Å². The predicted molar refractivity (Wildman–Crippen MR) is 98.3 cm³/mol. The molecular weight excluding hydrogens is 324 g/mol. The van der Waals surface area contributed by atoms with E-state index in [1.54, 1.807) is 23.5 Å². The number of aryl methyl sites for hydroxylation is 4. The lowest BCUT2D eigenvalue weighted by Crippen LogP contribution is -1.95. The standard InChI is InChI=1S/C17H24N4S2/c1-12-10-13(2)19-16(18-12)22-8-6-5-7-9-23-17-20-14(3)11-15(4)21-17/h10-11H,5-9H2,1-4H3. The van der Waals surface area contributed by atoms with Crippen LogP contribution in [-0.2, 0) is 0 Å². The summed E-state index contributed by atoms with van der Waals surface area (Å²) in [4.78, 5) is 17.8. The molecule has 0 aliphatic heterocycles. The van der Waals surface area contributed by atoms with Gasteiger partial charge in [-0.2, -0.15) is 0 Å². The highest BCUT2D eigenvalue weighted by atomic mass is 32.2. The highest BCUT2D eigenvalue weighted by Crippen LogP contribution is 2.19. The third-order valence-corrected chi connectivity index (χ3v) is 5.04. The number of aromatic nitrogens is 4. The van der Waals surface area contributed by atoms with Gasteiger partial charge in [0.1, 0.15) is 0 Å². The molecule has 2 heterocycles. The van der Waals surface area contributed by atoms with Gasteiger partial charge in [0.05, 0.1) is 0 Å². The SMILES string of the molecule is Cc1cc(C)nc(SCCCCCSc2nc(C)cc(C)n2)n1. The van der Waals surface area contributed by atoms with Crippen LogP contribution in [0.25, 0.3) is 0 Å². The van der Waals surface area contributed by atoms with Crippen LogP contribution in [0.1, 0.15) is 42.0 Å². The summed E-state index contributed by atoms with van der Waals surface area (Å²) >= 11 is 3.51. The number of hydrogen-bond donors (Lipinski definition) is 0. The Hall–Kier alpha value is -1.14. The van der Waals surface area contributed by atoms with Gasteiger partial charge in [-0.3, -0.25) is 0 Å². The quantitative estimate of drug-likeness (QED) is 0.396. The lowest BCUT2D eigenvalue weighted by Gasteiger charge is -2.04. The van der Waals surface area contributed by atoms with Gasteiger partial charge in [-0.25, -0.2) is 19.9 Å². The Morgan fingerprint density at radius 1 is 0.609 bits per heavy atom. The zero-order valence-electron chi connectivity index (χ0n) is 14.3. The predicted octanol–water partition coefficient (Wildman–Crippen LogP) is 4.55. The summed E-state index contributed by atoms with van der Waals surface area (Å²) in [5, 5.41) is 1.81. The summed E-state index contributed by atoms with van der Waals surface area (Å²) in [5.41, 5.74) is 4.18. The number of unbranched alkanes of at least 4 members (excludes halogenated alkanes) is 2. The van der Waals surface area contributed by atoms with Gasteiger partial charge in [-0.05, 0) is 52.7 Å². The van der Waals surface area contributed by atoms with Crippen molar-refractivity contribution in [1.29, 1.82) is 0 Å². The van der Waals surface area contributed by atoms with Crippen LogP contribution in [0.4, 0.5) is 0 Å². The molecule has 0 N–H and O–H groups in total. The van der Waals surface area contributed by atoms with E-state index in [4.69, 9.17) is 0 Å². The molecule has 0 amide bonds. The first-order valence-corrected chi connectivity index (χ1v) is 9.90. The van der Waals surface area contributed by atoms with Gasteiger partial charge in [0.25, 0.3) is 0 Å². The van der Waals surface area contributed by atoms with E-state index < -0.39 is 0 Å². The fourth-order valence-electron chi connectivity index (χ4n) is 2.22. The Kier molecular flexibility index (Phi) is 7.30. The Balaban J connectivity index is 1.60. The number of thioether (sulfide) groups is 2. The van der Waals surface area contributed by atoms with Gasteiger partial charge < -0.3 is 0 Å². The van der Waals surface area contributed by atoms with Crippen LogP contribution in [0.5, 0.6) is 0 Å². The van der Waals surface area contributed by atoms with Gasteiger partial charge in [0.2, 0.25) is 0 Å². The molecule has 0 spiro atoms. The van der Waals surface area contributed by atoms with Crippen LogP contribution in [0.2, 0.25) is 0 Å². The normalized spacial score (nSPS) is 11.0. The Morgan fingerprint density at radius 3 is 1.30 bits per heavy atom. The monoisotopic (exact) mass is 348 g/mol. The lowest BCUT2D eigenvalue weighted by atomic mass is 10.3. The number of rotatable bonds is 8. The van der Waals surface area contributed by atoms with Crippen LogP contribution in [0.3, 0.4) is 0 Å². The van der Waals surface area contributed by atoms with E-state index in [9.17, 15) is 0 Å². The molecule has 2 rings (SSSR count). The summed E-state index contributed by atoms with van der Waals surface area (Å²) in [6, 6.07) is 4.02. The van der Waals surface area contributed by atoms with Crippen LogP contribution in [-0.4, -0.2) is 31.4 Å². The molecule has 0 saturated carbocycles. The third kappa shape index (κ3) is 6.87. The fourth-order valence-corrected chi connectivity index (χ4v) is 4.12. The maximum absolute atomic E-state index is 4.46. The molecule has 0 aliphatic rings. The van der Waals surface area contributed by atoms with Gasteiger partial charge in [-0.15, -0.1) is 0 Å². The van der Waals surface area contributed by atoms with Gasteiger partial charge in [0, 0.05) is 34.3 Å². The van der Waals surface area contributed by atoms with Crippen molar-refractivity contribution in [1.82, 2.24) is 19.9 Å². The molecule has 0 atom stereocenters. The van der Waals surface area contributed by atoms with E-state index in [0.717, 1.165) is 44.6 Å². The molecule has 0 radical (unpaired) electrons. The van der Waals surface area contributed by atoms with E-state index in [1.165, 1.54) is 19.3 Å². The van der Waals surface area contributed by atoms with Crippen LogP contribution >= 0.6 is 23.5 Å². The van der Waals surface area contributed by atoms with Crippen LogP contribution < -0.4 is 0 Å². The molecular formula is C17H24N4S2. The second-order valence-electron chi connectivity index (χ2n) is 5.62. The smallest absolute Gasteiger partial charge is 0.187 e. The Morgan fingerprint density at radius 2 is 0.957 bits per heavy atom. The summed E-state index contributed by atoms with van der Waals surface area (Å²) in [7, 11) is 0. The highest BCUT2D eigenvalue weighted by molar-refractivity contribution is 7.99. The van der Waals surface area contributed by atoms with E-state index in [0.29, 0.717) is 0 Å². The minimum absolute atomic E-state index is 0.903. The first-order chi connectivity index (χ1) is 11.0. The summed E-state index contributed by atoms with van der Waals surface area (Å²) < 4.78 is 0. The van der Waals surface area contributed by atoms with Crippen molar-refractivity contribution in [2.75, 3.05) is 11.5 Å². The van der Waals surface area contributed by atoms with E-state index in [-0.39, 0.29) is 0 Å². The van der Waals surface area contributed by atoms with Crippen molar-refractivity contribution >= 4 is 23.5 Å². The molecule has 0 bridgehead atoms. The second kappa shape index (κ2) is 9.23. The zero-order chi connectivity index (χ0) is 16.7. The molecule has 0 aliphatic carbocycles. The maximum atomic E-state index is 4.46. The minimum atomic E-state index is 0.903. The van der Waals surface area contributed by atoms with Crippen molar-refractivity contribution < 1.29 is 0 Å². The van der Waals surface area contributed by atoms with E-state index in [1.807, 2.05) is 39.8 Å². The molecule has 2 aromatic rings. The number of nitrogens with zero attached hydrogens (tertiary/aromatic N) is 4. The first kappa shape index (κ1) is 18.2. The summed E-state index contributed by atoms with van der Waals surface area (Å²) in [6.07, 6.45) is 3.60. The van der Waals surface area contributed by atoms with Gasteiger partial charge >= 0.3 is 0 Å². The lowest BCUT2D eigenvalue weighted by molar-refractivity contribution is 0.780. The van der Waals surface area contributed by atoms with E-state index in [2.05, 4.69) is 19.9 Å². The third-order valence-electron chi connectivity index (χ3n) is 3.17. The maximum Gasteiger partial charge on any atom is 0.187 e.